The number of likely N-dealkylation sites (N-methyl/N-ethyl adjacent to an activating group) is 1. The molecule has 1 atom stereocenters. The number of rotatable bonds is 4. The van der Waals surface area contributed by atoms with Crippen molar-refractivity contribution in [1.82, 2.24) is 19.7 Å². The van der Waals surface area contributed by atoms with Gasteiger partial charge in [-0.2, -0.15) is 0 Å². The van der Waals surface area contributed by atoms with Gasteiger partial charge in [0.25, 0.3) is 5.91 Å². The zero-order chi connectivity index (χ0) is 20.3. The van der Waals surface area contributed by atoms with Crippen LogP contribution in [0.25, 0.3) is 10.9 Å². The predicted molar refractivity (Wildman–Crippen MR) is 115 cm³/mol. The number of piperidine rings is 1. The molecule has 2 aromatic rings. The molecule has 2 saturated heterocycles. The number of pyridine rings is 1. The van der Waals surface area contributed by atoms with Crippen LogP contribution in [0.3, 0.4) is 0 Å². The first-order chi connectivity index (χ1) is 14.0. The molecule has 29 heavy (non-hydrogen) atoms. The molecule has 3 heterocycles. The third kappa shape index (κ3) is 4.77. The Kier molecular flexibility index (Phi) is 6.13. The lowest BCUT2D eigenvalue weighted by Gasteiger charge is -2.43. The second-order valence-corrected chi connectivity index (χ2v) is 8.87. The lowest BCUT2D eigenvalue weighted by Crippen LogP contribution is -2.52. The van der Waals surface area contributed by atoms with Gasteiger partial charge in [0.15, 0.2) is 0 Å². The number of amides is 1. The third-order valence-corrected chi connectivity index (χ3v) is 6.18. The van der Waals surface area contributed by atoms with Crippen LogP contribution in [0, 0.1) is 5.41 Å². The van der Waals surface area contributed by atoms with Crippen LogP contribution in [-0.4, -0.2) is 92.2 Å². The lowest BCUT2D eigenvalue weighted by molar-refractivity contribution is 0.00717. The molecule has 1 spiro atoms. The van der Waals surface area contributed by atoms with E-state index in [0.29, 0.717) is 0 Å². The number of nitrogens with zero attached hydrogens (tertiary/aromatic N) is 4. The molecule has 0 aliphatic carbocycles. The Morgan fingerprint density at radius 1 is 1.24 bits per heavy atom. The molecule has 1 amide bonds. The molecule has 0 N–H and O–H groups in total. The van der Waals surface area contributed by atoms with Crippen LogP contribution in [0.5, 0.6) is 0 Å². The van der Waals surface area contributed by atoms with E-state index >= 15 is 0 Å². The van der Waals surface area contributed by atoms with Crippen LogP contribution >= 0.6 is 0 Å². The van der Waals surface area contributed by atoms with Crippen molar-refractivity contribution in [3.63, 3.8) is 0 Å². The molecule has 2 aliphatic heterocycles. The Hall–Kier alpha value is -2.02. The van der Waals surface area contributed by atoms with E-state index in [9.17, 15) is 4.79 Å². The summed E-state index contributed by atoms with van der Waals surface area (Å²) in [7, 11) is 4.23. The second kappa shape index (κ2) is 8.78. The van der Waals surface area contributed by atoms with E-state index in [4.69, 9.17) is 4.74 Å². The summed E-state index contributed by atoms with van der Waals surface area (Å²) < 4.78 is 6.01. The molecular weight excluding hydrogens is 364 g/mol. The standard InChI is InChI=1S/C23H32N4O2/c1-25(2)11-12-26-13-14-29-18-23(16-26)8-4-10-27(17-23)22(28)20-6-7-21-19(15-20)5-3-9-24-21/h3,5-7,9,15H,4,8,10-14,16-18H2,1-2H3. The van der Waals surface area contributed by atoms with Crippen LogP contribution in [-0.2, 0) is 4.74 Å². The van der Waals surface area contributed by atoms with Gasteiger partial charge >= 0.3 is 0 Å². The smallest absolute Gasteiger partial charge is 0.253 e. The fourth-order valence-electron chi connectivity index (χ4n) is 4.63. The highest BCUT2D eigenvalue weighted by Crippen LogP contribution is 2.33. The molecule has 6 heteroatoms. The molecule has 1 unspecified atom stereocenters. The molecule has 2 fully saturated rings. The maximum Gasteiger partial charge on any atom is 0.253 e. The van der Waals surface area contributed by atoms with Gasteiger partial charge in [-0.15, -0.1) is 0 Å². The number of hydrogen-bond acceptors (Lipinski definition) is 5. The summed E-state index contributed by atoms with van der Waals surface area (Å²) in [5.74, 6) is 0.124. The molecule has 1 aromatic heterocycles. The summed E-state index contributed by atoms with van der Waals surface area (Å²) in [6, 6.07) is 9.75. The molecule has 4 rings (SSSR count). The zero-order valence-electron chi connectivity index (χ0n) is 17.6. The second-order valence-electron chi connectivity index (χ2n) is 8.87. The molecular formula is C23H32N4O2. The normalized spacial score (nSPS) is 23.6. The lowest BCUT2D eigenvalue weighted by atomic mass is 9.80. The highest BCUT2D eigenvalue weighted by Gasteiger charge is 2.40. The summed E-state index contributed by atoms with van der Waals surface area (Å²) in [6.07, 6.45) is 3.94. The van der Waals surface area contributed by atoms with Crippen molar-refractivity contribution >= 4 is 16.8 Å². The SMILES string of the molecule is CN(C)CCN1CCOCC2(CCCN(C(=O)c3ccc4ncccc4c3)C2)C1. The summed E-state index contributed by atoms with van der Waals surface area (Å²) in [5, 5.41) is 1.01. The fourth-order valence-corrected chi connectivity index (χ4v) is 4.63. The van der Waals surface area contributed by atoms with E-state index in [-0.39, 0.29) is 11.3 Å². The Morgan fingerprint density at radius 2 is 2.14 bits per heavy atom. The maximum absolute atomic E-state index is 13.3. The predicted octanol–water partition coefficient (Wildman–Crippen LogP) is 2.35. The number of carbonyl (C=O) groups is 1. The van der Waals surface area contributed by atoms with Crippen LogP contribution in [0.2, 0.25) is 0 Å². The monoisotopic (exact) mass is 396 g/mol. The van der Waals surface area contributed by atoms with Gasteiger partial charge in [-0.05, 0) is 51.2 Å². The average molecular weight is 397 g/mol. The number of fused-ring (bicyclic) bond motifs is 1. The number of benzene rings is 1. The number of carbonyl (C=O) groups excluding carboxylic acids is 1. The van der Waals surface area contributed by atoms with Crippen LogP contribution in [0.15, 0.2) is 36.5 Å². The number of aromatic nitrogens is 1. The van der Waals surface area contributed by atoms with Gasteiger partial charge in [0.2, 0.25) is 0 Å². The van der Waals surface area contributed by atoms with Crippen molar-refractivity contribution in [3.8, 4) is 0 Å². The highest BCUT2D eigenvalue weighted by molar-refractivity contribution is 5.98. The van der Waals surface area contributed by atoms with Crippen molar-refractivity contribution in [2.45, 2.75) is 12.8 Å². The minimum Gasteiger partial charge on any atom is -0.379 e. The van der Waals surface area contributed by atoms with Gasteiger partial charge in [-0.3, -0.25) is 14.7 Å². The summed E-state index contributed by atoms with van der Waals surface area (Å²) in [6.45, 7) is 7.19. The summed E-state index contributed by atoms with van der Waals surface area (Å²) >= 11 is 0. The molecule has 0 radical (unpaired) electrons. The Balaban J connectivity index is 1.49. The summed E-state index contributed by atoms with van der Waals surface area (Å²) in [4.78, 5) is 24.4. The topological polar surface area (TPSA) is 48.9 Å². The Morgan fingerprint density at radius 3 is 3.00 bits per heavy atom. The minimum atomic E-state index is 0.0368. The van der Waals surface area contributed by atoms with Crippen molar-refractivity contribution in [3.05, 3.63) is 42.1 Å². The Bertz CT molecular complexity index is 856. The van der Waals surface area contributed by atoms with Crippen LogP contribution in [0.1, 0.15) is 23.2 Å². The first-order valence-corrected chi connectivity index (χ1v) is 10.6. The van der Waals surface area contributed by atoms with Crippen LogP contribution < -0.4 is 0 Å². The molecule has 6 nitrogen and oxygen atoms in total. The van der Waals surface area contributed by atoms with Crippen molar-refractivity contribution < 1.29 is 9.53 Å². The van der Waals surface area contributed by atoms with Gasteiger partial charge in [0, 0.05) is 61.8 Å². The molecule has 0 saturated carbocycles. The average Bonchev–Trinajstić information content (AvgIpc) is 2.93. The van der Waals surface area contributed by atoms with Gasteiger partial charge in [-0.1, -0.05) is 6.07 Å². The highest BCUT2D eigenvalue weighted by atomic mass is 16.5. The van der Waals surface area contributed by atoms with E-state index in [1.165, 1.54) is 0 Å². The van der Waals surface area contributed by atoms with E-state index in [1.54, 1.807) is 6.20 Å². The molecule has 0 bridgehead atoms. The largest absolute Gasteiger partial charge is 0.379 e. The Labute approximate surface area is 173 Å². The number of hydrogen-bond donors (Lipinski definition) is 0. The first kappa shape index (κ1) is 20.3. The van der Waals surface area contributed by atoms with Gasteiger partial charge < -0.3 is 14.5 Å². The van der Waals surface area contributed by atoms with E-state index < -0.39 is 0 Å². The first-order valence-electron chi connectivity index (χ1n) is 10.6. The molecule has 1 aromatic carbocycles. The molecule has 156 valence electrons. The van der Waals surface area contributed by atoms with Crippen molar-refractivity contribution in [2.75, 3.05) is 66.6 Å². The van der Waals surface area contributed by atoms with Gasteiger partial charge in [-0.25, -0.2) is 0 Å². The van der Waals surface area contributed by atoms with E-state index in [2.05, 4.69) is 28.9 Å². The van der Waals surface area contributed by atoms with E-state index in [1.807, 2.05) is 35.2 Å². The van der Waals surface area contributed by atoms with Crippen molar-refractivity contribution in [2.24, 2.45) is 5.41 Å². The third-order valence-electron chi connectivity index (χ3n) is 6.18. The fraction of sp³-hybridized carbons (Fsp3) is 0.565. The summed E-state index contributed by atoms with van der Waals surface area (Å²) in [5.41, 5.74) is 1.71. The van der Waals surface area contributed by atoms with Gasteiger partial charge in [0.05, 0.1) is 18.7 Å². The number of ether oxygens (including phenoxy) is 1. The maximum atomic E-state index is 13.3. The minimum absolute atomic E-state index is 0.0368. The van der Waals surface area contributed by atoms with Gasteiger partial charge in [0.1, 0.15) is 0 Å². The zero-order valence-corrected chi connectivity index (χ0v) is 17.6. The van der Waals surface area contributed by atoms with Crippen molar-refractivity contribution in [1.29, 1.82) is 0 Å². The van der Waals surface area contributed by atoms with E-state index in [0.717, 1.165) is 81.8 Å². The quantitative estimate of drug-likeness (QED) is 0.794. The number of likely N-dealkylation sites (tertiary alicyclic amines) is 1. The van der Waals surface area contributed by atoms with Crippen LogP contribution in [0.4, 0.5) is 0 Å². The molecule has 2 aliphatic rings.